The number of alkyl halides is 3. The van der Waals surface area contributed by atoms with E-state index >= 15 is 0 Å². The molecule has 0 amide bonds. The minimum atomic E-state index is -4.36. The summed E-state index contributed by atoms with van der Waals surface area (Å²) >= 11 is 0. The topological polar surface area (TPSA) is 46.5 Å². The summed E-state index contributed by atoms with van der Waals surface area (Å²) in [5, 5.41) is 9.15. The zero-order valence-electron chi connectivity index (χ0n) is 15.1. The molecule has 2 aromatic rings. The van der Waals surface area contributed by atoms with E-state index in [0.29, 0.717) is 5.75 Å². The number of halogens is 3. The highest BCUT2D eigenvalue weighted by Gasteiger charge is 2.33. The average molecular weight is 378 g/mol. The van der Waals surface area contributed by atoms with Gasteiger partial charge in [-0.1, -0.05) is 18.2 Å². The molecule has 2 aromatic carbocycles. The maximum atomic E-state index is 13.1. The fourth-order valence-electron chi connectivity index (χ4n) is 3.43. The highest BCUT2D eigenvalue weighted by atomic mass is 19.4. The predicted molar refractivity (Wildman–Crippen MR) is 95.0 cm³/mol. The molecule has 0 spiro atoms. The van der Waals surface area contributed by atoms with Crippen molar-refractivity contribution in [2.75, 3.05) is 0 Å². The SMILES string of the molecule is CC(C)(Oc1ccc(C2CCCc3ccc(C(F)(F)F)cc32)cc1)C(=O)O. The molecule has 3 rings (SSSR count). The van der Waals surface area contributed by atoms with E-state index in [0.717, 1.165) is 42.0 Å². The zero-order chi connectivity index (χ0) is 19.8. The third-order valence-electron chi connectivity index (χ3n) is 4.96. The number of aryl methyl sites for hydroxylation is 1. The molecule has 0 aliphatic heterocycles. The molecule has 144 valence electrons. The Morgan fingerprint density at radius 3 is 2.37 bits per heavy atom. The number of carboxylic acid groups (broad SMARTS) is 1. The van der Waals surface area contributed by atoms with E-state index in [1.165, 1.54) is 19.9 Å². The molecule has 0 radical (unpaired) electrons. The summed E-state index contributed by atoms with van der Waals surface area (Å²) in [7, 11) is 0. The van der Waals surface area contributed by atoms with Crippen molar-refractivity contribution in [3.8, 4) is 5.75 Å². The van der Waals surface area contributed by atoms with Crippen molar-refractivity contribution in [1.82, 2.24) is 0 Å². The predicted octanol–water partition coefficient (Wildman–Crippen LogP) is 5.42. The molecule has 6 heteroatoms. The Bertz CT molecular complexity index is 839. The van der Waals surface area contributed by atoms with Gasteiger partial charge in [0.1, 0.15) is 5.75 Å². The van der Waals surface area contributed by atoms with Crippen molar-refractivity contribution in [3.05, 3.63) is 64.7 Å². The first kappa shape index (κ1) is 19.3. The van der Waals surface area contributed by atoms with Crippen LogP contribution in [0.5, 0.6) is 5.75 Å². The molecule has 3 nitrogen and oxygen atoms in total. The van der Waals surface area contributed by atoms with Crippen molar-refractivity contribution in [2.24, 2.45) is 0 Å². The van der Waals surface area contributed by atoms with Gasteiger partial charge in [-0.15, -0.1) is 0 Å². The maximum absolute atomic E-state index is 13.1. The number of rotatable bonds is 4. The molecular weight excluding hydrogens is 357 g/mol. The second-order valence-corrected chi connectivity index (χ2v) is 7.34. The lowest BCUT2D eigenvalue weighted by atomic mass is 9.78. The molecule has 0 saturated heterocycles. The first-order valence-electron chi connectivity index (χ1n) is 8.80. The molecule has 0 bridgehead atoms. The zero-order valence-corrected chi connectivity index (χ0v) is 15.1. The Labute approximate surface area is 155 Å². The van der Waals surface area contributed by atoms with E-state index in [1.54, 1.807) is 30.3 Å². The summed E-state index contributed by atoms with van der Waals surface area (Å²) in [6.45, 7) is 2.92. The van der Waals surface area contributed by atoms with Crippen LogP contribution in [0.25, 0.3) is 0 Å². The second kappa shape index (κ2) is 6.91. The summed E-state index contributed by atoms with van der Waals surface area (Å²) in [6, 6.07) is 10.9. The van der Waals surface area contributed by atoms with Crippen LogP contribution in [0, 0.1) is 0 Å². The van der Waals surface area contributed by atoms with Crippen molar-refractivity contribution in [3.63, 3.8) is 0 Å². The summed E-state index contributed by atoms with van der Waals surface area (Å²) in [5.74, 6) is -0.781. The van der Waals surface area contributed by atoms with Crippen molar-refractivity contribution in [2.45, 2.75) is 50.8 Å². The first-order valence-corrected chi connectivity index (χ1v) is 8.80. The van der Waals surface area contributed by atoms with Gasteiger partial charge in [0.25, 0.3) is 0 Å². The molecule has 0 aromatic heterocycles. The Kier molecular flexibility index (Phi) is 4.93. The van der Waals surface area contributed by atoms with E-state index in [9.17, 15) is 18.0 Å². The molecule has 1 aliphatic carbocycles. The fourth-order valence-corrected chi connectivity index (χ4v) is 3.43. The molecule has 27 heavy (non-hydrogen) atoms. The van der Waals surface area contributed by atoms with Crippen LogP contribution in [0.1, 0.15) is 54.9 Å². The number of fused-ring (bicyclic) bond motifs is 1. The molecule has 1 atom stereocenters. The van der Waals surface area contributed by atoms with Crippen LogP contribution in [0.4, 0.5) is 13.2 Å². The molecule has 0 heterocycles. The fraction of sp³-hybridized carbons (Fsp3) is 0.381. The monoisotopic (exact) mass is 378 g/mol. The average Bonchev–Trinajstić information content (AvgIpc) is 2.60. The number of benzene rings is 2. The normalized spacial score (nSPS) is 17.3. The van der Waals surface area contributed by atoms with E-state index in [1.807, 2.05) is 0 Å². The molecular formula is C21H21F3O3. The Morgan fingerprint density at radius 1 is 1.11 bits per heavy atom. The number of carboxylic acids is 1. The van der Waals surface area contributed by atoms with Gasteiger partial charge < -0.3 is 9.84 Å². The highest BCUT2D eigenvalue weighted by molar-refractivity contribution is 5.76. The summed E-state index contributed by atoms with van der Waals surface area (Å²) in [4.78, 5) is 11.2. The van der Waals surface area contributed by atoms with Crippen molar-refractivity contribution >= 4 is 5.97 Å². The quantitative estimate of drug-likeness (QED) is 0.773. The summed E-state index contributed by atoms with van der Waals surface area (Å²) in [6.07, 6.45) is -1.91. The van der Waals surface area contributed by atoms with E-state index in [2.05, 4.69) is 0 Å². The highest BCUT2D eigenvalue weighted by Crippen LogP contribution is 2.40. The smallest absolute Gasteiger partial charge is 0.416 e. The van der Waals surface area contributed by atoms with Crippen LogP contribution in [-0.2, 0) is 17.4 Å². The number of hydrogen-bond donors (Lipinski definition) is 1. The van der Waals surface area contributed by atoms with Crippen LogP contribution in [0.15, 0.2) is 42.5 Å². The van der Waals surface area contributed by atoms with E-state index < -0.39 is 23.3 Å². The Morgan fingerprint density at radius 2 is 1.78 bits per heavy atom. The van der Waals surface area contributed by atoms with Gasteiger partial charge in [-0.25, -0.2) is 4.79 Å². The standard InChI is InChI=1S/C21H21F3O3/c1-20(2,19(25)26)27-16-10-7-14(8-11-16)17-5-3-4-13-6-9-15(12-18(13)17)21(22,23)24/h6-12,17H,3-5H2,1-2H3,(H,25,26). The Hall–Kier alpha value is -2.50. The third kappa shape index (κ3) is 4.10. The summed E-state index contributed by atoms with van der Waals surface area (Å²) in [5.41, 5.74) is 0.579. The van der Waals surface area contributed by atoms with Gasteiger partial charge >= 0.3 is 12.1 Å². The molecule has 1 unspecified atom stereocenters. The Balaban J connectivity index is 1.89. The molecule has 1 N–H and O–H groups in total. The van der Waals surface area contributed by atoms with Gasteiger partial charge in [0.2, 0.25) is 0 Å². The van der Waals surface area contributed by atoms with Crippen LogP contribution >= 0.6 is 0 Å². The molecule has 1 aliphatic rings. The number of aliphatic carboxylic acids is 1. The van der Waals surface area contributed by atoms with Crippen LogP contribution in [0.2, 0.25) is 0 Å². The van der Waals surface area contributed by atoms with Crippen molar-refractivity contribution in [1.29, 1.82) is 0 Å². The van der Waals surface area contributed by atoms with E-state index in [4.69, 9.17) is 9.84 Å². The van der Waals surface area contributed by atoms with Crippen LogP contribution in [0.3, 0.4) is 0 Å². The van der Waals surface area contributed by atoms with Gasteiger partial charge in [0, 0.05) is 5.92 Å². The lowest BCUT2D eigenvalue weighted by Gasteiger charge is -2.27. The maximum Gasteiger partial charge on any atom is 0.416 e. The largest absolute Gasteiger partial charge is 0.478 e. The van der Waals surface area contributed by atoms with Crippen LogP contribution in [-0.4, -0.2) is 16.7 Å². The summed E-state index contributed by atoms with van der Waals surface area (Å²) < 4.78 is 44.8. The minimum Gasteiger partial charge on any atom is -0.478 e. The number of ether oxygens (including phenoxy) is 1. The van der Waals surface area contributed by atoms with E-state index in [-0.39, 0.29) is 5.92 Å². The van der Waals surface area contributed by atoms with Gasteiger partial charge in [-0.05, 0) is 74.1 Å². The third-order valence-corrected chi connectivity index (χ3v) is 4.96. The minimum absolute atomic E-state index is 0.113. The molecule has 0 saturated carbocycles. The lowest BCUT2D eigenvalue weighted by molar-refractivity contribution is -0.152. The van der Waals surface area contributed by atoms with Gasteiger partial charge in [0.05, 0.1) is 5.56 Å². The van der Waals surface area contributed by atoms with Crippen LogP contribution < -0.4 is 4.74 Å². The van der Waals surface area contributed by atoms with Gasteiger partial charge in [0.15, 0.2) is 5.60 Å². The number of carbonyl (C=O) groups is 1. The number of hydrogen-bond acceptors (Lipinski definition) is 2. The first-order chi connectivity index (χ1) is 12.6. The van der Waals surface area contributed by atoms with Gasteiger partial charge in [-0.3, -0.25) is 0 Å². The van der Waals surface area contributed by atoms with Gasteiger partial charge in [-0.2, -0.15) is 13.2 Å². The second-order valence-electron chi connectivity index (χ2n) is 7.34. The molecule has 0 fully saturated rings. The lowest BCUT2D eigenvalue weighted by Crippen LogP contribution is -2.37. The van der Waals surface area contributed by atoms with Crippen molar-refractivity contribution < 1.29 is 27.8 Å².